The Kier molecular flexibility index (Phi) is 2.67. The van der Waals surface area contributed by atoms with Crippen LogP contribution in [0.4, 0.5) is 0 Å². The molecule has 1 aromatic carbocycles. The molecule has 0 amide bonds. The van der Waals surface area contributed by atoms with E-state index < -0.39 is 0 Å². The topological polar surface area (TPSA) is 42.5 Å². The van der Waals surface area contributed by atoms with Gasteiger partial charge in [-0.15, -0.1) is 0 Å². The summed E-state index contributed by atoms with van der Waals surface area (Å²) < 4.78 is 10.4. The molecular formula is C11H14N2O2. The molecule has 4 heteroatoms. The lowest BCUT2D eigenvalue weighted by molar-refractivity contribution is 0.355. The second kappa shape index (κ2) is 4.13. The van der Waals surface area contributed by atoms with Crippen molar-refractivity contribution < 1.29 is 9.47 Å². The molecule has 0 spiro atoms. The van der Waals surface area contributed by atoms with E-state index >= 15 is 0 Å². The third kappa shape index (κ3) is 1.83. The maximum Gasteiger partial charge on any atom is 0.161 e. The van der Waals surface area contributed by atoms with Gasteiger partial charge in [-0.25, -0.2) is 0 Å². The van der Waals surface area contributed by atoms with Gasteiger partial charge >= 0.3 is 0 Å². The number of hydrogen-bond donors (Lipinski definition) is 2. The van der Waals surface area contributed by atoms with Crippen LogP contribution in [0.15, 0.2) is 24.4 Å². The standard InChI is InChI=1S/C11H14N2O2/c1-14-10-4-3-8(5-11(10)15-2)9-6-12-7-13-9/h3-6,12-13H,7H2,1-2H3. The molecule has 2 rings (SSSR count). The molecule has 0 aliphatic carbocycles. The molecule has 0 fully saturated rings. The lowest BCUT2D eigenvalue weighted by atomic mass is 10.1. The number of ether oxygens (including phenoxy) is 2. The Balaban J connectivity index is 2.34. The molecule has 0 saturated heterocycles. The van der Waals surface area contributed by atoms with Crippen molar-refractivity contribution in [3.63, 3.8) is 0 Å². The molecule has 0 saturated carbocycles. The van der Waals surface area contributed by atoms with E-state index in [-0.39, 0.29) is 0 Å². The van der Waals surface area contributed by atoms with Crippen LogP contribution in [0.2, 0.25) is 0 Å². The van der Waals surface area contributed by atoms with Crippen molar-refractivity contribution in [3.05, 3.63) is 30.0 Å². The van der Waals surface area contributed by atoms with Crippen molar-refractivity contribution in [1.29, 1.82) is 0 Å². The first kappa shape index (κ1) is 9.71. The fourth-order valence-corrected chi connectivity index (χ4v) is 1.54. The van der Waals surface area contributed by atoms with Gasteiger partial charge in [-0.1, -0.05) is 0 Å². The van der Waals surface area contributed by atoms with Gasteiger partial charge in [-0.05, 0) is 18.2 Å². The summed E-state index contributed by atoms with van der Waals surface area (Å²) in [4.78, 5) is 0. The zero-order chi connectivity index (χ0) is 10.7. The van der Waals surface area contributed by atoms with Crippen molar-refractivity contribution in [2.24, 2.45) is 0 Å². The molecule has 15 heavy (non-hydrogen) atoms. The molecule has 1 heterocycles. The molecular weight excluding hydrogens is 192 g/mol. The Labute approximate surface area is 88.9 Å². The molecule has 1 aliphatic heterocycles. The summed E-state index contributed by atoms with van der Waals surface area (Å²) in [5.41, 5.74) is 2.15. The van der Waals surface area contributed by atoms with Crippen molar-refractivity contribution in [2.75, 3.05) is 20.9 Å². The summed E-state index contributed by atoms with van der Waals surface area (Å²) in [5.74, 6) is 1.48. The molecule has 1 aromatic rings. The number of rotatable bonds is 3. The Morgan fingerprint density at radius 3 is 2.53 bits per heavy atom. The van der Waals surface area contributed by atoms with Crippen molar-refractivity contribution in [1.82, 2.24) is 10.6 Å². The average molecular weight is 206 g/mol. The zero-order valence-electron chi connectivity index (χ0n) is 8.83. The van der Waals surface area contributed by atoms with Gasteiger partial charge in [0, 0.05) is 11.8 Å². The fraction of sp³-hybridized carbons (Fsp3) is 0.273. The van der Waals surface area contributed by atoms with Crippen LogP contribution in [0.3, 0.4) is 0 Å². The van der Waals surface area contributed by atoms with E-state index in [9.17, 15) is 0 Å². The van der Waals surface area contributed by atoms with Crippen LogP contribution in [0.25, 0.3) is 5.70 Å². The Morgan fingerprint density at radius 2 is 1.93 bits per heavy atom. The summed E-state index contributed by atoms with van der Waals surface area (Å²) in [5, 5.41) is 6.31. The van der Waals surface area contributed by atoms with E-state index in [0.717, 1.165) is 29.4 Å². The maximum absolute atomic E-state index is 5.24. The summed E-state index contributed by atoms with van der Waals surface area (Å²) in [6.45, 7) is 0.768. The molecule has 0 unspecified atom stereocenters. The highest BCUT2D eigenvalue weighted by Gasteiger charge is 2.09. The van der Waals surface area contributed by atoms with E-state index in [0.29, 0.717) is 0 Å². The van der Waals surface area contributed by atoms with Gasteiger partial charge in [0.25, 0.3) is 0 Å². The fourth-order valence-electron chi connectivity index (χ4n) is 1.54. The lowest BCUT2D eigenvalue weighted by Gasteiger charge is -2.10. The van der Waals surface area contributed by atoms with Crippen LogP contribution < -0.4 is 20.1 Å². The molecule has 1 aliphatic rings. The number of methoxy groups -OCH3 is 2. The third-order valence-electron chi connectivity index (χ3n) is 2.32. The third-order valence-corrected chi connectivity index (χ3v) is 2.32. The Morgan fingerprint density at radius 1 is 1.13 bits per heavy atom. The van der Waals surface area contributed by atoms with Gasteiger partial charge in [0.15, 0.2) is 11.5 Å². The largest absolute Gasteiger partial charge is 0.493 e. The smallest absolute Gasteiger partial charge is 0.161 e. The van der Waals surface area contributed by atoms with Crippen LogP contribution in [-0.4, -0.2) is 20.9 Å². The number of nitrogens with one attached hydrogen (secondary N) is 2. The second-order valence-corrected chi connectivity index (χ2v) is 3.19. The molecule has 0 radical (unpaired) electrons. The predicted octanol–water partition coefficient (Wildman–Crippen LogP) is 1.15. The number of hydrogen-bond acceptors (Lipinski definition) is 4. The Bertz CT molecular complexity index is 388. The quantitative estimate of drug-likeness (QED) is 0.778. The van der Waals surface area contributed by atoms with Crippen molar-refractivity contribution in [3.8, 4) is 11.5 Å². The summed E-state index contributed by atoms with van der Waals surface area (Å²) in [7, 11) is 3.27. The van der Waals surface area contributed by atoms with Crippen molar-refractivity contribution >= 4 is 5.70 Å². The van der Waals surface area contributed by atoms with Crippen LogP contribution in [0, 0.1) is 0 Å². The minimum absolute atomic E-state index is 0.740. The van der Waals surface area contributed by atoms with Gasteiger partial charge < -0.3 is 20.1 Å². The minimum Gasteiger partial charge on any atom is -0.493 e. The number of benzene rings is 1. The first-order chi connectivity index (χ1) is 7.35. The molecule has 80 valence electrons. The van der Waals surface area contributed by atoms with E-state index in [1.54, 1.807) is 14.2 Å². The highest BCUT2D eigenvalue weighted by molar-refractivity contribution is 5.67. The monoisotopic (exact) mass is 206 g/mol. The van der Waals surface area contributed by atoms with Crippen LogP contribution in [0.5, 0.6) is 11.5 Å². The van der Waals surface area contributed by atoms with Gasteiger partial charge in [-0.3, -0.25) is 0 Å². The summed E-state index contributed by atoms with van der Waals surface area (Å²) >= 11 is 0. The van der Waals surface area contributed by atoms with Gasteiger partial charge in [-0.2, -0.15) is 0 Å². The molecule has 4 nitrogen and oxygen atoms in total. The maximum atomic E-state index is 5.24. The lowest BCUT2D eigenvalue weighted by Crippen LogP contribution is -2.13. The van der Waals surface area contributed by atoms with E-state index in [4.69, 9.17) is 9.47 Å². The second-order valence-electron chi connectivity index (χ2n) is 3.19. The molecule has 0 aromatic heterocycles. The van der Waals surface area contributed by atoms with Gasteiger partial charge in [0.2, 0.25) is 0 Å². The SMILES string of the molecule is COc1ccc(C2=CNCN2)cc1OC. The predicted molar refractivity (Wildman–Crippen MR) is 58.7 cm³/mol. The molecule has 0 bridgehead atoms. The van der Waals surface area contributed by atoms with E-state index in [1.165, 1.54) is 0 Å². The van der Waals surface area contributed by atoms with E-state index in [1.807, 2.05) is 24.4 Å². The molecule has 0 atom stereocenters. The summed E-state index contributed by atoms with van der Waals surface area (Å²) in [6.07, 6.45) is 1.95. The minimum atomic E-state index is 0.740. The van der Waals surface area contributed by atoms with E-state index in [2.05, 4.69) is 10.6 Å². The highest BCUT2D eigenvalue weighted by atomic mass is 16.5. The van der Waals surface area contributed by atoms with Gasteiger partial charge in [0.05, 0.1) is 26.6 Å². The zero-order valence-corrected chi connectivity index (χ0v) is 8.83. The summed E-state index contributed by atoms with van der Waals surface area (Å²) in [6, 6.07) is 5.84. The average Bonchev–Trinajstić information content (AvgIpc) is 2.81. The first-order valence-electron chi connectivity index (χ1n) is 4.75. The Hall–Kier alpha value is -1.84. The first-order valence-corrected chi connectivity index (χ1v) is 4.75. The van der Waals surface area contributed by atoms with Crippen LogP contribution in [0.1, 0.15) is 5.56 Å². The molecule has 2 N–H and O–H groups in total. The van der Waals surface area contributed by atoms with Crippen LogP contribution in [-0.2, 0) is 0 Å². The van der Waals surface area contributed by atoms with Crippen molar-refractivity contribution in [2.45, 2.75) is 0 Å². The highest BCUT2D eigenvalue weighted by Crippen LogP contribution is 2.29. The normalized spacial score (nSPS) is 13.9. The van der Waals surface area contributed by atoms with Gasteiger partial charge in [0.1, 0.15) is 0 Å². The van der Waals surface area contributed by atoms with Crippen LogP contribution >= 0.6 is 0 Å².